The molecule has 0 bridgehead atoms. The first-order valence-electron chi connectivity index (χ1n) is 6.11. The predicted molar refractivity (Wildman–Crippen MR) is 77.0 cm³/mol. The van der Waals surface area contributed by atoms with Gasteiger partial charge in [0.15, 0.2) is 0 Å². The molecule has 21 heavy (non-hydrogen) atoms. The summed E-state index contributed by atoms with van der Waals surface area (Å²) in [7, 11) is 1.28. The Labute approximate surface area is 121 Å². The molecule has 0 radical (unpaired) electrons. The number of ether oxygens (including phenoxy) is 2. The molecule has 0 heterocycles. The van der Waals surface area contributed by atoms with Crippen LogP contribution in [0.15, 0.2) is 48.5 Å². The van der Waals surface area contributed by atoms with Crippen LogP contribution in [0.25, 0.3) is 0 Å². The molecule has 6 nitrogen and oxygen atoms in total. The fourth-order valence-electron chi connectivity index (χ4n) is 1.68. The summed E-state index contributed by atoms with van der Waals surface area (Å²) in [4.78, 5) is 23.4. The third-order valence-electron chi connectivity index (χ3n) is 2.75. The Kier molecular flexibility index (Phi) is 4.53. The molecule has 2 aromatic carbocycles. The summed E-state index contributed by atoms with van der Waals surface area (Å²) < 4.78 is 9.81. The van der Waals surface area contributed by atoms with E-state index in [-0.39, 0.29) is 11.1 Å². The molecule has 0 spiro atoms. The van der Waals surface area contributed by atoms with Crippen LogP contribution in [0.2, 0.25) is 0 Å². The maximum atomic E-state index is 12.0. The van der Waals surface area contributed by atoms with Crippen molar-refractivity contribution in [3.63, 3.8) is 0 Å². The highest BCUT2D eigenvalue weighted by atomic mass is 16.5. The van der Waals surface area contributed by atoms with Crippen LogP contribution in [0, 0.1) is 0 Å². The number of nitrogens with two attached hydrogens (primary N) is 1. The van der Waals surface area contributed by atoms with Gasteiger partial charge in [-0.2, -0.15) is 0 Å². The van der Waals surface area contributed by atoms with Crippen molar-refractivity contribution in [3.05, 3.63) is 59.7 Å². The van der Waals surface area contributed by atoms with Gasteiger partial charge in [-0.1, -0.05) is 6.07 Å². The Hall–Kier alpha value is -2.86. The smallest absolute Gasteiger partial charge is 0.343 e. The number of hydrogen-bond acceptors (Lipinski definition) is 6. The fraction of sp³-hybridized carbons (Fsp3) is 0.0667. The van der Waals surface area contributed by atoms with Crippen LogP contribution in [0.4, 0.5) is 5.69 Å². The molecular formula is C15H14N2O4. The van der Waals surface area contributed by atoms with Crippen molar-refractivity contribution in [2.45, 2.75) is 0 Å². The molecule has 108 valence electrons. The first kappa shape index (κ1) is 14.5. The van der Waals surface area contributed by atoms with E-state index in [1.807, 2.05) is 0 Å². The fourth-order valence-corrected chi connectivity index (χ4v) is 1.68. The molecule has 0 amide bonds. The summed E-state index contributed by atoms with van der Waals surface area (Å²) in [5.41, 5.74) is 3.72. The van der Waals surface area contributed by atoms with Gasteiger partial charge in [0.1, 0.15) is 5.75 Å². The van der Waals surface area contributed by atoms with Crippen LogP contribution >= 0.6 is 0 Å². The molecule has 2 aromatic rings. The molecule has 0 saturated heterocycles. The maximum absolute atomic E-state index is 12.0. The van der Waals surface area contributed by atoms with Gasteiger partial charge in [0.25, 0.3) is 0 Å². The van der Waals surface area contributed by atoms with Gasteiger partial charge < -0.3 is 14.9 Å². The van der Waals surface area contributed by atoms with E-state index in [9.17, 15) is 9.59 Å². The van der Waals surface area contributed by atoms with Crippen LogP contribution in [0.3, 0.4) is 0 Å². The molecule has 0 aliphatic heterocycles. The Bertz CT molecular complexity index is 653. The van der Waals surface area contributed by atoms with Crippen molar-refractivity contribution in [1.29, 1.82) is 0 Å². The zero-order valence-corrected chi connectivity index (χ0v) is 11.3. The lowest BCUT2D eigenvalue weighted by Gasteiger charge is -2.06. The minimum Gasteiger partial charge on any atom is -0.465 e. The molecule has 0 saturated carbocycles. The summed E-state index contributed by atoms with van der Waals surface area (Å²) in [6.45, 7) is 0. The zero-order chi connectivity index (χ0) is 15.2. The van der Waals surface area contributed by atoms with Crippen molar-refractivity contribution in [2.24, 2.45) is 5.84 Å². The highest BCUT2D eigenvalue weighted by Gasteiger charge is 2.12. The summed E-state index contributed by atoms with van der Waals surface area (Å²) in [6, 6.07) is 12.7. The molecular weight excluding hydrogens is 272 g/mol. The molecule has 2 rings (SSSR count). The molecule has 6 heteroatoms. The van der Waals surface area contributed by atoms with Gasteiger partial charge in [-0.15, -0.1) is 0 Å². The molecule has 0 fully saturated rings. The standard InChI is InChI=1S/C15H14N2O4/c1-20-14(18)10-3-2-4-11(9-10)15(19)21-13-7-5-12(17-16)6-8-13/h2-9,17H,16H2,1H3. The Morgan fingerprint density at radius 2 is 1.62 bits per heavy atom. The van der Waals surface area contributed by atoms with Crippen LogP contribution < -0.4 is 16.0 Å². The molecule has 0 atom stereocenters. The topological polar surface area (TPSA) is 90.7 Å². The Balaban J connectivity index is 2.14. The highest BCUT2D eigenvalue weighted by molar-refractivity contribution is 5.96. The second-order valence-corrected chi connectivity index (χ2v) is 4.13. The number of nitrogens with one attached hydrogen (secondary N) is 1. The second-order valence-electron chi connectivity index (χ2n) is 4.13. The van der Waals surface area contributed by atoms with Gasteiger partial charge in [0.2, 0.25) is 0 Å². The molecule has 0 aromatic heterocycles. The summed E-state index contributed by atoms with van der Waals surface area (Å²) in [6.07, 6.45) is 0. The van der Waals surface area contributed by atoms with E-state index in [2.05, 4.69) is 10.2 Å². The summed E-state index contributed by atoms with van der Waals surface area (Å²) in [5, 5.41) is 0. The predicted octanol–water partition coefficient (Wildman–Crippen LogP) is 1.98. The van der Waals surface area contributed by atoms with Crippen molar-refractivity contribution >= 4 is 17.6 Å². The molecule has 0 unspecified atom stereocenters. The van der Waals surface area contributed by atoms with Crippen molar-refractivity contribution in [3.8, 4) is 5.75 Å². The lowest BCUT2D eigenvalue weighted by Crippen LogP contribution is -2.11. The number of hydrazine groups is 1. The van der Waals surface area contributed by atoms with Crippen molar-refractivity contribution in [1.82, 2.24) is 0 Å². The quantitative estimate of drug-likeness (QED) is 0.386. The number of methoxy groups -OCH3 is 1. The van der Waals surface area contributed by atoms with Gasteiger partial charge in [-0.05, 0) is 42.5 Å². The highest BCUT2D eigenvalue weighted by Crippen LogP contribution is 2.17. The summed E-state index contributed by atoms with van der Waals surface area (Å²) in [5.74, 6) is 4.55. The first-order chi connectivity index (χ1) is 10.1. The Morgan fingerprint density at radius 3 is 2.19 bits per heavy atom. The van der Waals surface area contributed by atoms with Gasteiger partial charge in [0, 0.05) is 5.69 Å². The lowest BCUT2D eigenvalue weighted by atomic mass is 10.1. The number of carbonyl (C=O) groups excluding carboxylic acids is 2. The van der Waals surface area contributed by atoms with Crippen LogP contribution in [0.1, 0.15) is 20.7 Å². The maximum Gasteiger partial charge on any atom is 0.343 e. The minimum atomic E-state index is -0.561. The van der Waals surface area contributed by atoms with E-state index >= 15 is 0 Å². The summed E-state index contributed by atoms with van der Waals surface area (Å²) >= 11 is 0. The van der Waals surface area contributed by atoms with E-state index in [1.165, 1.54) is 13.2 Å². The number of hydrogen-bond donors (Lipinski definition) is 2. The van der Waals surface area contributed by atoms with Gasteiger partial charge >= 0.3 is 11.9 Å². The van der Waals surface area contributed by atoms with E-state index < -0.39 is 11.9 Å². The minimum absolute atomic E-state index is 0.263. The Morgan fingerprint density at radius 1 is 1.00 bits per heavy atom. The largest absolute Gasteiger partial charge is 0.465 e. The van der Waals surface area contributed by atoms with Crippen molar-refractivity contribution in [2.75, 3.05) is 12.5 Å². The number of rotatable bonds is 4. The van der Waals surface area contributed by atoms with Crippen LogP contribution in [-0.2, 0) is 4.74 Å². The normalized spacial score (nSPS) is 9.81. The zero-order valence-electron chi connectivity index (χ0n) is 11.3. The number of carbonyl (C=O) groups is 2. The number of anilines is 1. The van der Waals surface area contributed by atoms with E-state index in [0.29, 0.717) is 11.4 Å². The number of benzene rings is 2. The number of esters is 2. The number of nitrogen functional groups attached to an aromatic ring is 1. The van der Waals surface area contributed by atoms with E-state index in [0.717, 1.165) is 0 Å². The van der Waals surface area contributed by atoms with Gasteiger partial charge in [0.05, 0.1) is 18.2 Å². The monoisotopic (exact) mass is 286 g/mol. The third-order valence-corrected chi connectivity index (χ3v) is 2.75. The van der Waals surface area contributed by atoms with Crippen molar-refractivity contribution < 1.29 is 19.1 Å². The van der Waals surface area contributed by atoms with E-state index in [4.69, 9.17) is 10.6 Å². The van der Waals surface area contributed by atoms with Gasteiger partial charge in [-0.25, -0.2) is 9.59 Å². The van der Waals surface area contributed by atoms with Gasteiger partial charge in [-0.3, -0.25) is 5.84 Å². The van der Waals surface area contributed by atoms with Crippen LogP contribution in [-0.4, -0.2) is 19.0 Å². The average Bonchev–Trinajstić information content (AvgIpc) is 2.55. The second kappa shape index (κ2) is 6.53. The SMILES string of the molecule is COC(=O)c1cccc(C(=O)Oc2ccc(NN)cc2)c1. The third kappa shape index (κ3) is 3.58. The lowest BCUT2D eigenvalue weighted by molar-refractivity contribution is 0.0600. The molecule has 0 aliphatic carbocycles. The van der Waals surface area contributed by atoms with E-state index in [1.54, 1.807) is 42.5 Å². The average molecular weight is 286 g/mol. The molecule has 3 N–H and O–H groups in total. The van der Waals surface area contributed by atoms with Crippen LogP contribution in [0.5, 0.6) is 5.75 Å². The molecule has 0 aliphatic rings. The first-order valence-corrected chi connectivity index (χ1v) is 6.11.